The first-order valence-electron chi connectivity index (χ1n) is 10.6. The van der Waals surface area contributed by atoms with E-state index < -0.39 is 0 Å². The number of aromatic hydroxyl groups is 1. The van der Waals surface area contributed by atoms with Crippen LogP contribution in [0.5, 0.6) is 5.75 Å². The highest BCUT2D eigenvalue weighted by Gasteiger charge is 2.26. The zero-order valence-corrected chi connectivity index (χ0v) is 16.5. The standard InChI is InChI=1S/C23H26N4O2/c28-20-7-5-16(6-8-20)17-9-11-26(12-10-17)23(29)18-13-21-22(24-14-18)27(15-25-21)19-3-1-2-4-19/h5-8,13-15,17,19,28H,1-4,9-12H2. The topological polar surface area (TPSA) is 71.2 Å². The monoisotopic (exact) mass is 390 g/mol. The summed E-state index contributed by atoms with van der Waals surface area (Å²) in [6.45, 7) is 1.47. The number of fused-ring (bicyclic) bond motifs is 1. The summed E-state index contributed by atoms with van der Waals surface area (Å²) in [5.74, 6) is 0.765. The second kappa shape index (κ2) is 7.50. The molecule has 2 aliphatic rings. The van der Waals surface area contributed by atoms with Crippen LogP contribution in [0.3, 0.4) is 0 Å². The molecule has 1 aromatic carbocycles. The van der Waals surface area contributed by atoms with Gasteiger partial charge in [0.25, 0.3) is 5.91 Å². The van der Waals surface area contributed by atoms with Crippen molar-refractivity contribution in [2.45, 2.75) is 50.5 Å². The van der Waals surface area contributed by atoms with Gasteiger partial charge in [-0.15, -0.1) is 0 Å². The third-order valence-corrected chi connectivity index (χ3v) is 6.52. The van der Waals surface area contributed by atoms with Crippen LogP contribution in [0.4, 0.5) is 0 Å². The molecule has 29 heavy (non-hydrogen) atoms. The van der Waals surface area contributed by atoms with E-state index in [9.17, 15) is 9.90 Å². The van der Waals surface area contributed by atoms with Gasteiger partial charge in [-0.25, -0.2) is 9.97 Å². The smallest absolute Gasteiger partial charge is 0.255 e. The number of piperidine rings is 1. The number of rotatable bonds is 3. The maximum atomic E-state index is 13.0. The van der Waals surface area contributed by atoms with Crippen molar-refractivity contribution in [2.24, 2.45) is 0 Å². The van der Waals surface area contributed by atoms with Gasteiger partial charge < -0.3 is 14.6 Å². The minimum absolute atomic E-state index is 0.0407. The molecule has 0 unspecified atom stereocenters. The highest BCUT2D eigenvalue weighted by atomic mass is 16.3. The molecule has 6 heteroatoms. The number of phenolic OH excluding ortho intramolecular Hbond substituents is 1. The van der Waals surface area contributed by atoms with E-state index in [0.29, 0.717) is 23.3 Å². The molecule has 0 bridgehead atoms. The molecule has 3 aromatic rings. The van der Waals surface area contributed by atoms with Gasteiger partial charge in [-0.3, -0.25) is 4.79 Å². The van der Waals surface area contributed by atoms with Crippen molar-refractivity contribution in [2.75, 3.05) is 13.1 Å². The van der Waals surface area contributed by atoms with Crippen LogP contribution in [-0.2, 0) is 0 Å². The first kappa shape index (κ1) is 18.2. The van der Waals surface area contributed by atoms with E-state index in [2.05, 4.69) is 14.5 Å². The van der Waals surface area contributed by atoms with E-state index in [1.54, 1.807) is 18.3 Å². The zero-order chi connectivity index (χ0) is 19.8. The second-order valence-corrected chi connectivity index (χ2v) is 8.31. The maximum absolute atomic E-state index is 13.0. The molecule has 1 N–H and O–H groups in total. The number of imidazole rings is 1. The molecule has 3 heterocycles. The molecule has 6 nitrogen and oxygen atoms in total. The Morgan fingerprint density at radius 3 is 2.45 bits per heavy atom. The lowest BCUT2D eigenvalue weighted by Crippen LogP contribution is -2.38. The molecule has 5 rings (SSSR count). The van der Waals surface area contributed by atoms with Gasteiger partial charge in [0.05, 0.1) is 11.9 Å². The Morgan fingerprint density at radius 1 is 1.00 bits per heavy atom. The molecule has 2 fully saturated rings. The molecule has 1 amide bonds. The third-order valence-electron chi connectivity index (χ3n) is 6.52. The third kappa shape index (κ3) is 3.48. The van der Waals surface area contributed by atoms with Crippen molar-refractivity contribution < 1.29 is 9.90 Å². The molecular formula is C23H26N4O2. The van der Waals surface area contributed by atoms with E-state index in [-0.39, 0.29) is 5.91 Å². The first-order chi connectivity index (χ1) is 14.2. The number of nitrogens with zero attached hydrogens (tertiary/aromatic N) is 4. The number of pyridine rings is 1. The molecule has 1 aliphatic heterocycles. The fourth-order valence-corrected chi connectivity index (χ4v) is 4.83. The van der Waals surface area contributed by atoms with Crippen LogP contribution in [0.15, 0.2) is 42.9 Å². The van der Waals surface area contributed by atoms with Crippen molar-refractivity contribution in [3.05, 3.63) is 54.0 Å². The van der Waals surface area contributed by atoms with Gasteiger partial charge in [-0.05, 0) is 55.4 Å². The Morgan fingerprint density at radius 2 is 1.72 bits per heavy atom. The Labute approximate surface area is 170 Å². The first-order valence-corrected chi connectivity index (χ1v) is 10.6. The van der Waals surface area contributed by atoms with E-state index in [1.807, 2.05) is 29.4 Å². The maximum Gasteiger partial charge on any atom is 0.255 e. The normalized spacial score (nSPS) is 18.6. The lowest BCUT2D eigenvalue weighted by molar-refractivity contribution is 0.0713. The number of carbonyl (C=O) groups is 1. The van der Waals surface area contributed by atoms with Crippen molar-refractivity contribution >= 4 is 17.1 Å². The van der Waals surface area contributed by atoms with E-state index in [1.165, 1.54) is 31.2 Å². The van der Waals surface area contributed by atoms with E-state index in [0.717, 1.165) is 37.1 Å². The summed E-state index contributed by atoms with van der Waals surface area (Å²) in [7, 11) is 0. The van der Waals surface area contributed by atoms with Crippen LogP contribution in [0.25, 0.3) is 11.2 Å². The van der Waals surface area contributed by atoms with Gasteiger partial charge in [-0.2, -0.15) is 0 Å². The van der Waals surface area contributed by atoms with Crippen molar-refractivity contribution in [1.29, 1.82) is 0 Å². The number of hydrogen-bond acceptors (Lipinski definition) is 4. The summed E-state index contributed by atoms with van der Waals surface area (Å²) in [5, 5.41) is 9.47. The summed E-state index contributed by atoms with van der Waals surface area (Å²) in [5.41, 5.74) is 3.55. The fourth-order valence-electron chi connectivity index (χ4n) is 4.83. The molecule has 1 saturated carbocycles. The largest absolute Gasteiger partial charge is 0.508 e. The van der Waals surface area contributed by atoms with Crippen molar-refractivity contribution in [1.82, 2.24) is 19.4 Å². The molecule has 2 aromatic heterocycles. The Kier molecular flexibility index (Phi) is 4.70. The SMILES string of the molecule is O=C(c1cnc2c(c1)ncn2C1CCCC1)N1CCC(c2ccc(O)cc2)CC1. The lowest BCUT2D eigenvalue weighted by atomic mass is 9.89. The second-order valence-electron chi connectivity index (χ2n) is 8.31. The van der Waals surface area contributed by atoms with E-state index in [4.69, 9.17) is 0 Å². The molecule has 150 valence electrons. The van der Waals surface area contributed by atoms with Crippen molar-refractivity contribution in [3.63, 3.8) is 0 Å². The van der Waals surface area contributed by atoms with Gasteiger partial charge in [0, 0.05) is 25.3 Å². The predicted octanol–water partition coefficient (Wildman–Crippen LogP) is 4.27. The zero-order valence-electron chi connectivity index (χ0n) is 16.5. The number of benzene rings is 1. The molecule has 0 radical (unpaired) electrons. The average molecular weight is 390 g/mol. The van der Waals surface area contributed by atoms with Gasteiger partial charge in [0.2, 0.25) is 0 Å². The van der Waals surface area contributed by atoms with Crippen LogP contribution < -0.4 is 0 Å². The summed E-state index contributed by atoms with van der Waals surface area (Å²) < 4.78 is 2.18. The van der Waals surface area contributed by atoms with E-state index >= 15 is 0 Å². The fraction of sp³-hybridized carbons (Fsp3) is 0.435. The Bertz CT molecular complexity index is 1010. The lowest BCUT2D eigenvalue weighted by Gasteiger charge is -2.32. The molecule has 1 saturated heterocycles. The van der Waals surface area contributed by atoms with Crippen molar-refractivity contribution in [3.8, 4) is 5.75 Å². The number of hydrogen-bond donors (Lipinski definition) is 1. The number of aromatic nitrogens is 3. The number of carbonyl (C=O) groups excluding carboxylic acids is 1. The molecule has 0 atom stereocenters. The van der Waals surface area contributed by atoms with Crippen LogP contribution in [-0.4, -0.2) is 43.5 Å². The van der Waals surface area contributed by atoms with Crippen LogP contribution in [0, 0.1) is 0 Å². The number of likely N-dealkylation sites (tertiary alicyclic amines) is 1. The Hall–Kier alpha value is -2.89. The van der Waals surface area contributed by atoms with Gasteiger partial charge in [0.1, 0.15) is 11.3 Å². The summed E-state index contributed by atoms with van der Waals surface area (Å²) in [6.07, 6.45) is 10.4. The summed E-state index contributed by atoms with van der Waals surface area (Å²) in [6, 6.07) is 9.82. The average Bonchev–Trinajstić information content (AvgIpc) is 3.43. The number of amides is 1. The summed E-state index contributed by atoms with van der Waals surface area (Å²) in [4.78, 5) is 24.1. The van der Waals surface area contributed by atoms with Gasteiger partial charge >= 0.3 is 0 Å². The Balaban J connectivity index is 1.28. The number of phenols is 1. The minimum atomic E-state index is 0.0407. The van der Waals surface area contributed by atoms with Crippen LogP contribution in [0.1, 0.15) is 66.4 Å². The predicted molar refractivity (Wildman–Crippen MR) is 111 cm³/mol. The molecule has 0 spiro atoms. The highest BCUT2D eigenvalue weighted by Crippen LogP contribution is 2.32. The molecular weight excluding hydrogens is 364 g/mol. The minimum Gasteiger partial charge on any atom is -0.508 e. The van der Waals surface area contributed by atoms with Crippen LogP contribution >= 0.6 is 0 Å². The van der Waals surface area contributed by atoms with Gasteiger partial charge in [0.15, 0.2) is 5.65 Å². The quantitative estimate of drug-likeness (QED) is 0.725. The van der Waals surface area contributed by atoms with Gasteiger partial charge in [-0.1, -0.05) is 25.0 Å². The molecule has 1 aliphatic carbocycles. The summed E-state index contributed by atoms with van der Waals surface area (Å²) >= 11 is 0. The highest BCUT2D eigenvalue weighted by molar-refractivity contribution is 5.96. The van der Waals surface area contributed by atoms with Crippen LogP contribution in [0.2, 0.25) is 0 Å².